The highest BCUT2D eigenvalue weighted by atomic mass is 16.6. The van der Waals surface area contributed by atoms with Gasteiger partial charge in [-0.2, -0.15) is 0 Å². The van der Waals surface area contributed by atoms with Gasteiger partial charge in [0, 0.05) is 36.1 Å². The molecule has 0 aromatic heterocycles. The number of carbonyl (C=O) groups is 6. The standard InChI is InChI=1S/C26H36N8O11/c27-17(24(38)39)6-5-7-18(25(40)41)30-22(36)12-11-19(26(42)43)31-21(35)8-3-1-2-4-13-29-23(37)16-10-9-15(32-33-28)14-20(16)34(44)45/h9-10,14,17-19H,1-8,11-13,27H2,(H,29,37)(H,30,36)(H,31,35)(H,38,39)(H,40,41)(H,42,43)/t17?,18?,19-/m1/s1. The van der Waals surface area contributed by atoms with E-state index in [9.17, 15) is 49.1 Å². The molecule has 1 aromatic rings. The van der Waals surface area contributed by atoms with Crippen LogP contribution < -0.4 is 21.7 Å². The molecule has 1 aromatic carbocycles. The van der Waals surface area contributed by atoms with Crippen molar-refractivity contribution in [3.05, 3.63) is 44.3 Å². The zero-order chi connectivity index (χ0) is 33.9. The topological polar surface area (TPSA) is 317 Å². The predicted molar refractivity (Wildman–Crippen MR) is 155 cm³/mol. The minimum Gasteiger partial charge on any atom is -0.480 e. The number of nitrogens with one attached hydrogen (secondary N) is 3. The van der Waals surface area contributed by atoms with Crippen LogP contribution in [0, 0.1) is 10.1 Å². The maximum absolute atomic E-state index is 12.3. The molecular formula is C26H36N8O11. The molecule has 8 N–H and O–H groups in total. The molecule has 0 aliphatic carbocycles. The van der Waals surface area contributed by atoms with E-state index in [-0.39, 0.29) is 56.3 Å². The monoisotopic (exact) mass is 636 g/mol. The number of azide groups is 1. The highest BCUT2D eigenvalue weighted by molar-refractivity contribution is 5.98. The molecule has 3 atom stereocenters. The molecule has 0 fully saturated rings. The minimum atomic E-state index is -1.39. The molecule has 19 nitrogen and oxygen atoms in total. The molecule has 0 saturated carbocycles. The summed E-state index contributed by atoms with van der Waals surface area (Å²) in [6, 6.07) is -0.425. The lowest BCUT2D eigenvalue weighted by atomic mass is 10.1. The van der Waals surface area contributed by atoms with Crippen LogP contribution in [-0.2, 0) is 24.0 Å². The van der Waals surface area contributed by atoms with Crippen LogP contribution in [0.1, 0.15) is 74.6 Å². The number of nitrogens with zero attached hydrogens (tertiary/aromatic N) is 4. The van der Waals surface area contributed by atoms with Gasteiger partial charge in [-0.3, -0.25) is 29.3 Å². The fourth-order valence-corrected chi connectivity index (χ4v) is 4.03. The van der Waals surface area contributed by atoms with Gasteiger partial charge in [0.1, 0.15) is 23.7 Å². The quantitative estimate of drug-likeness (QED) is 0.0239. The third-order valence-electron chi connectivity index (χ3n) is 6.45. The van der Waals surface area contributed by atoms with Crippen LogP contribution in [0.4, 0.5) is 11.4 Å². The molecule has 0 aliphatic rings. The fraction of sp³-hybridized carbons (Fsp3) is 0.538. The lowest BCUT2D eigenvalue weighted by Gasteiger charge is -2.17. The largest absolute Gasteiger partial charge is 0.480 e. The van der Waals surface area contributed by atoms with Gasteiger partial charge in [0.15, 0.2) is 0 Å². The molecule has 19 heteroatoms. The zero-order valence-electron chi connectivity index (χ0n) is 24.2. The molecule has 0 bridgehead atoms. The third-order valence-corrected chi connectivity index (χ3v) is 6.45. The Hall–Kier alpha value is -5.29. The fourth-order valence-electron chi connectivity index (χ4n) is 4.03. The molecule has 0 heterocycles. The van der Waals surface area contributed by atoms with Crippen LogP contribution in [0.2, 0.25) is 0 Å². The molecule has 2 unspecified atom stereocenters. The Kier molecular flexibility index (Phi) is 16.6. The Labute approximate surface area is 256 Å². The lowest BCUT2D eigenvalue weighted by Crippen LogP contribution is -2.44. The second-order valence-corrected chi connectivity index (χ2v) is 9.90. The smallest absolute Gasteiger partial charge is 0.326 e. The van der Waals surface area contributed by atoms with Crippen molar-refractivity contribution < 1.29 is 49.0 Å². The van der Waals surface area contributed by atoms with E-state index in [4.69, 9.17) is 16.4 Å². The van der Waals surface area contributed by atoms with Crippen molar-refractivity contribution >= 4 is 47.0 Å². The number of unbranched alkanes of at least 4 members (excludes halogenated alkanes) is 3. The first-order chi connectivity index (χ1) is 21.3. The molecule has 0 spiro atoms. The van der Waals surface area contributed by atoms with Gasteiger partial charge in [-0.1, -0.05) is 24.0 Å². The van der Waals surface area contributed by atoms with Crippen LogP contribution in [0.3, 0.4) is 0 Å². The molecule has 3 amide bonds. The Bertz CT molecular complexity index is 1300. The van der Waals surface area contributed by atoms with Crippen molar-refractivity contribution in [3.8, 4) is 0 Å². The van der Waals surface area contributed by atoms with E-state index >= 15 is 0 Å². The van der Waals surface area contributed by atoms with E-state index in [1.54, 1.807) is 0 Å². The second-order valence-electron chi connectivity index (χ2n) is 9.90. The number of nitrogens with two attached hydrogens (primary N) is 1. The molecule has 0 aliphatic heterocycles. The summed E-state index contributed by atoms with van der Waals surface area (Å²) in [5, 5.41) is 49.1. The number of nitro groups is 1. The van der Waals surface area contributed by atoms with Crippen molar-refractivity contribution in [2.24, 2.45) is 10.8 Å². The van der Waals surface area contributed by atoms with Gasteiger partial charge >= 0.3 is 17.9 Å². The molecule has 45 heavy (non-hydrogen) atoms. The summed E-state index contributed by atoms with van der Waals surface area (Å²) in [5.41, 5.74) is 13.1. The van der Waals surface area contributed by atoms with Crippen molar-refractivity contribution in [3.63, 3.8) is 0 Å². The average Bonchev–Trinajstić information content (AvgIpc) is 2.97. The summed E-state index contributed by atoms with van der Waals surface area (Å²) in [4.78, 5) is 83.5. The summed E-state index contributed by atoms with van der Waals surface area (Å²) in [6.07, 6.45) is 1.38. The van der Waals surface area contributed by atoms with E-state index < -0.39 is 64.4 Å². The van der Waals surface area contributed by atoms with Crippen molar-refractivity contribution in [2.75, 3.05) is 6.54 Å². The SMILES string of the molecule is [N-]=[N+]=Nc1ccc(C(=O)NCCCCCCC(=O)N[C@H](CCC(=O)NC(CCCC(N)C(=O)O)C(=O)O)C(=O)O)c([N+](=O)[O-])c1. The summed E-state index contributed by atoms with van der Waals surface area (Å²) in [6.45, 7) is 0.196. The first-order valence-corrected chi connectivity index (χ1v) is 13.9. The summed E-state index contributed by atoms with van der Waals surface area (Å²) in [7, 11) is 0. The zero-order valence-corrected chi connectivity index (χ0v) is 24.2. The molecule has 0 radical (unpaired) electrons. The van der Waals surface area contributed by atoms with E-state index in [0.717, 1.165) is 6.07 Å². The van der Waals surface area contributed by atoms with Crippen molar-refractivity contribution in [1.29, 1.82) is 0 Å². The number of carboxylic acids is 3. The number of carbonyl (C=O) groups excluding carboxylic acids is 3. The Morgan fingerprint density at radius 2 is 1.47 bits per heavy atom. The van der Waals surface area contributed by atoms with Crippen LogP contribution in [0.25, 0.3) is 10.4 Å². The Morgan fingerprint density at radius 1 is 0.867 bits per heavy atom. The molecule has 0 saturated heterocycles. The first kappa shape index (κ1) is 37.7. The number of hydrogen-bond acceptors (Lipinski definition) is 10. The number of hydrogen-bond donors (Lipinski definition) is 7. The normalized spacial score (nSPS) is 12.5. The van der Waals surface area contributed by atoms with Crippen LogP contribution in [-0.4, -0.2) is 80.5 Å². The summed E-state index contributed by atoms with van der Waals surface area (Å²) < 4.78 is 0. The van der Waals surface area contributed by atoms with Gasteiger partial charge in [0.2, 0.25) is 11.8 Å². The second kappa shape index (κ2) is 19.8. The lowest BCUT2D eigenvalue weighted by molar-refractivity contribution is -0.385. The summed E-state index contributed by atoms with van der Waals surface area (Å²) in [5.74, 6) is -5.96. The average molecular weight is 637 g/mol. The highest BCUT2D eigenvalue weighted by Crippen LogP contribution is 2.25. The molecular weight excluding hydrogens is 600 g/mol. The van der Waals surface area contributed by atoms with Crippen LogP contribution in [0.15, 0.2) is 23.3 Å². The molecule has 1 rings (SSSR count). The van der Waals surface area contributed by atoms with Gasteiger partial charge in [-0.05, 0) is 50.1 Å². The number of amides is 3. The van der Waals surface area contributed by atoms with Crippen molar-refractivity contribution in [2.45, 2.75) is 82.3 Å². The minimum absolute atomic E-state index is 0.00255. The van der Waals surface area contributed by atoms with Gasteiger partial charge < -0.3 is 37.0 Å². The molecule has 246 valence electrons. The Balaban J connectivity index is 2.39. The van der Waals surface area contributed by atoms with Gasteiger partial charge in [0.25, 0.3) is 11.6 Å². The Morgan fingerprint density at radius 3 is 2.04 bits per heavy atom. The maximum atomic E-state index is 12.3. The number of benzene rings is 1. The number of carboxylic acid groups (broad SMARTS) is 3. The van der Waals surface area contributed by atoms with Crippen LogP contribution >= 0.6 is 0 Å². The summed E-state index contributed by atoms with van der Waals surface area (Å²) >= 11 is 0. The van der Waals surface area contributed by atoms with E-state index in [1.165, 1.54) is 12.1 Å². The third kappa shape index (κ3) is 14.6. The van der Waals surface area contributed by atoms with E-state index in [2.05, 4.69) is 26.0 Å². The highest BCUT2D eigenvalue weighted by Gasteiger charge is 2.24. The number of rotatable bonds is 22. The van der Waals surface area contributed by atoms with Gasteiger partial charge in [0.05, 0.1) is 4.92 Å². The maximum Gasteiger partial charge on any atom is 0.326 e. The number of aliphatic carboxylic acids is 3. The van der Waals surface area contributed by atoms with E-state index in [1.807, 2.05) is 0 Å². The van der Waals surface area contributed by atoms with Gasteiger partial charge in [-0.25, -0.2) is 9.59 Å². The van der Waals surface area contributed by atoms with Crippen LogP contribution in [0.5, 0.6) is 0 Å². The van der Waals surface area contributed by atoms with Gasteiger partial charge in [-0.15, -0.1) is 0 Å². The van der Waals surface area contributed by atoms with E-state index in [0.29, 0.717) is 25.7 Å². The predicted octanol–water partition coefficient (Wildman–Crippen LogP) is 1.72. The van der Waals surface area contributed by atoms with Crippen molar-refractivity contribution in [1.82, 2.24) is 16.0 Å². The number of nitro benzene ring substituents is 1. The first-order valence-electron chi connectivity index (χ1n) is 13.9.